The zero-order valence-corrected chi connectivity index (χ0v) is 18.6. The highest BCUT2D eigenvalue weighted by atomic mass is 16.7. The lowest BCUT2D eigenvalue weighted by Gasteiger charge is -2.17. The van der Waals surface area contributed by atoms with E-state index < -0.39 is 5.97 Å². The lowest BCUT2D eigenvalue weighted by atomic mass is 9.99. The summed E-state index contributed by atoms with van der Waals surface area (Å²) < 4.78 is 2.28. The molecule has 0 bridgehead atoms. The van der Waals surface area contributed by atoms with Crippen LogP contribution in [0.3, 0.4) is 0 Å². The zero-order valence-electron chi connectivity index (χ0n) is 18.6. The fourth-order valence-electron chi connectivity index (χ4n) is 3.99. The molecule has 2 aromatic carbocycles. The first kappa shape index (κ1) is 22.5. The molecule has 164 valence electrons. The SMILES string of the molecule is CCCCC(CC)Cn1c2ccc(/C(C)=N/OC(C)=O)cc2c2cc([N+](=O)[O-])ccc21. The lowest BCUT2D eigenvalue weighted by Crippen LogP contribution is -2.10. The van der Waals surface area contributed by atoms with Crippen molar-refractivity contribution >= 4 is 39.2 Å². The summed E-state index contributed by atoms with van der Waals surface area (Å²) >= 11 is 0. The first-order valence-corrected chi connectivity index (χ1v) is 10.8. The topological polar surface area (TPSA) is 86.7 Å². The number of rotatable bonds is 9. The molecule has 1 heterocycles. The number of non-ortho nitro benzene ring substituents is 1. The molecule has 0 saturated heterocycles. The number of nitrogens with zero attached hydrogens (tertiary/aromatic N) is 3. The van der Waals surface area contributed by atoms with Crippen molar-refractivity contribution in [1.29, 1.82) is 0 Å². The number of nitro groups is 1. The van der Waals surface area contributed by atoms with Gasteiger partial charge in [0.2, 0.25) is 0 Å². The van der Waals surface area contributed by atoms with Gasteiger partial charge in [0.1, 0.15) is 0 Å². The normalized spacial score (nSPS) is 13.0. The van der Waals surface area contributed by atoms with E-state index in [4.69, 9.17) is 4.84 Å². The van der Waals surface area contributed by atoms with E-state index in [2.05, 4.69) is 23.6 Å². The highest BCUT2D eigenvalue weighted by molar-refractivity contribution is 6.12. The molecule has 1 unspecified atom stereocenters. The molecule has 3 rings (SSSR count). The fraction of sp³-hybridized carbons (Fsp3) is 0.417. The monoisotopic (exact) mass is 423 g/mol. The summed E-state index contributed by atoms with van der Waals surface area (Å²) in [6, 6.07) is 11.0. The molecule has 31 heavy (non-hydrogen) atoms. The minimum atomic E-state index is -0.481. The Labute approximate surface area is 181 Å². The molecular formula is C24H29N3O4. The Kier molecular flexibility index (Phi) is 7.05. The number of nitro benzene ring substituents is 1. The molecule has 3 aromatic rings. The number of hydrogen-bond acceptors (Lipinski definition) is 5. The van der Waals surface area contributed by atoms with Gasteiger partial charge in [-0.15, -0.1) is 0 Å². The Morgan fingerprint density at radius 3 is 2.42 bits per heavy atom. The molecule has 0 aliphatic carbocycles. The van der Waals surface area contributed by atoms with Gasteiger partial charge in [-0.25, -0.2) is 4.79 Å². The molecule has 0 radical (unpaired) electrons. The molecule has 7 heteroatoms. The molecule has 0 saturated carbocycles. The van der Waals surface area contributed by atoms with Gasteiger partial charge in [-0.1, -0.05) is 44.3 Å². The summed E-state index contributed by atoms with van der Waals surface area (Å²) in [6.45, 7) is 8.35. The fourth-order valence-corrected chi connectivity index (χ4v) is 3.99. The largest absolute Gasteiger partial charge is 0.340 e. The highest BCUT2D eigenvalue weighted by Gasteiger charge is 2.18. The third-order valence-corrected chi connectivity index (χ3v) is 5.77. The van der Waals surface area contributed by atoms with Crippen molar-refractivity contribution in [2.24, 2.45) is 11.1 Å². The summed E-state index contributed by atoms with van der Waals surface area (Å²) in [7, 11) is 0. The maximum absolute atomic E-state index is 11.4. The molecule has 0 fully saturated rings. The second-order valence-electron chi connectivity index (χ2n) is 7.98. The molecular weight excluding hydrogens is 394 g/mol. The van der Waals surface area contributed by atoms with E-state index in [0.717, 1.165) is 46.8 Å². The van der Waals surface area contributed by atoms with E-state index >= 15 is 0 Å². The van der Waals surface area contributed by atoms with Crippen molar-refractivity contribution in [1.82, 2.24) is 4.57 Å². The van der Waals surface area contributed by atoms with E-state index in [1.807, 2.05) is 24.3 Å². The number of carbonyl (C=O) groups is 1. The third-order valence-electron chi connectivity index (χ3n) is 5.77. The Bertz CT molecular complexity index is 1150. The Balaban J connectivity index is 2.17. The van der Waals surface area contributed by atoms with E-state index in [0.29, 0.717) is 11.6 Å². The minimum Gasteiger partial charge on any atom is -0.340 e. The van der Waals surface area contributed by atoms with Crippen molar-refractivity contribution in [3.05, 3.63) is 52.1 Å². The number of fused-ring (bicyclic) bond motifs is 3. The number of unbranched alkanes of at least 4 members (excludes halogenated alkanes) is 1. The molecule has 0 amide bonds. The predicted molar refractivity (Wildman–Crippen MR) is 123 cm³/mol. The molecule has 7 nitrogen and oxygen atoms in total. The Morgan fingerprint density at radius 1 is 1.13 bits per heavy atom. The van der Waals surface area contributed by atoms with Crippen LogP contribution in [-0.4, -0.2) is 21.2 Å². The lowest BCUT2D eigenvalue weighted by molar-refractivity contribution is -0.384. The van der Waals surface area contributed by atoms with Crippen molar-refractivity contribution in [3.63, 3.8) is 0 Å². The maximum atomic E-state index is 11.4. The summed E-state index contributed by atoms with van der Waals surface area (Å²) in [5.74, 6) is 0.0613. The minimum absolute atomic E-state index is 0.0697. The molecule has 0 N–H and O–H groups in total. The van der Waals surface area contributed by atoms with Gasteiger partial charge in [0.15, 0.2) is 0 Å². The van der Waals surface area contributed by atoms with Gasteiger partial charge in [0, 0.05) is 47.4 Å². The molecule has 1 aromatic heterocycles. The van der Waals surface area contributed by atoms with Crippen LogP contribution in [0.2, 0.25) is 0 Å². The van der Waals surface area contributed by atoms with Crippen LogP contribution in [0, 0.1) is 16.0 Å². The van der Waals surface area contributed by atoms with Crippen LogP contribution >= 0.6 is 0 Å². The first-order valence-electron chi connectivity index (χ1n) is 10.8. The van der Waals surface area contributed by atoms with Crippen LogP contribution in [-0.2, 0) is 16.2 Å². The Hall–Kier alpha value is -3.22. The van der Waals surface area contributed by atoms with Gasteiger partial charge in [-0.2, -0.15) is 0 Å². The van der Waals surface area contributed by atoms with Gasteiger partial charge < -0.3 is 9.40 Å². The zero-order chi connectivity index (χ0) is 22.5. The van der Waals surface area contributed by atoms with Crippen molar-refractivity contribution in [2.75, 3.05) is 0 Å². The quantitative estimate of drug-likeness (QED) is 0.177. The van der Waals surface area contributed by atoms with Gasteiger partial charge >= 0.3 is 5.97 Å². The second-order valence-corrected chi connectivity index (χ2v) is 7.98. The van der Waals surface area contributed by atoms with Crippen LogP contribution in [0.25, 0.3) is 21.8 Å². The standard InChI is InChI=1S/C24H29N3O4/c1-5-7-8-18(6-2)15-26-23-11-9-19(16(3)25-31-17(4)28)13-21(23)22-14-20(27(29)30)10-12-24(22)26/h9-14,18H,5-8,15H2,1-4H3/b25-16+. The molecule has 0 spiro atoms. The summed E-state index contributed by atoms with van der Waals surface area (Å²) in [6.07, 6.45) is 4.60. The van der Waals surface area contributed by atoms with Gasteiger partial charge in [-0.05, 0) is 43.0 Å². The maximum Gasteiger partial charge on any atom is 0.331 e. The number of hydrogen-bond donors (Lipinski definition) is 0. The van der Waals surface area contributed by atoms with Gasteiger partial charge in [0.25, 0.3) is 5.69 Å². The van der Waals surface area contributed by atoms with Gasteiger partial charge in [0.05, 0.1) is 10.6 Å². The molecule has 1 atom stereocenters. The van der Waals surface area contributed by atoms with E-state index in [9.17, 15) is 14.9 Å². The third kappa shape index (κ3) is 4.93. The van der Waals surface area contributed by atoms with Crippen LogP contribution in [0.1, 0.15) is 58.9 Å². The number of oxime groups is 1. The van der Waals surface area contributed by atoms with E-state index in [-0.39, 0.29) is 10.6 Å². The van der Waals surface area contributed by atoms with Crippen molar-refractivity contribution in [3.8, 4) is 0 Å². The first-order chi connectivity index (χ1) is 14.8. The summed E-state index contributed by atoms with van der Waals surface area (Å²) in [5, 5.41) is 17.0. The Morgan fingerprint density at radius 2 is 1.81 bits per heavy atom. The van der Waals surface area contributed by atoms with Crippen LogP contribution in [0.15, 0.2) is 41.6 Å². The summed E-state index contributed by atoms with van der Waals surface area (Å²) in [4.78, 5) is 26.9. The summed E-state index contributed by atoms with van der Waals surface area (Å²) in [5.41, 5.74) is 3.46. The predicted octanol–water partition coefficient (Wildman–Crippen LogP) is 6.21. The smallest absolute Gasteiger partial charge is 0.331 e. The van der Waals surface area contributed by atoms with Gasteiger partial charge in [-0.3, -0.25) is 10.1 Å². The number of carbonyl (C=O) groups excluding carboxylic acids is 1. The van der Waals surface area contributed by atoms with Crippen LogP contribution in [0.5, 0.6) is 0 Å². The average molecular weight is 424 g/mol. The molecule has 0 aliphatic rings. The van der Waals surface area contributed by atoms with E-state index in [1.165, 1.54) is 19.8 Å². The average Bonchev–Trinajstić information content (AvgIpc) is 3.06. The molecule has 0 aliphatic heterocycles. The van der Waals surface area contributed by atoms with Crippen molar-refractivity contribution < 1.29 is 14.6 Å². The van der Waals surface area contributed by atoms with Crippen LogP contribution < -0.4 is 0 Å². The second kappa shape index (κ2) is 9.73. The van der Waals surface area contributed by atoms with Crippen molar-refractivity contribution in [2.45, 2.75) is 59.9 Å². The number of aromatic nitrogens is 1. The van der Waals surface area contributed by atoms with E-state index in [1.54, 1.807) is 19.1 Å². The number of benzene rings is 2. The highest BCUT2D eigenvalue weighted by Crippen LogP contribution is 2.34. The van der Waals surface area contributed by atoms with Crippen LogP contribution in [0.4, 0.5) is 5.69 Å².